The molecule has 0 aliphatic rings. The van der Waals surface area contributed by atoms with Crippen LogP contribution in [0, 0.1) is 0 Å². The third kappa shape index (κ3) is 2.18. The second kappa shape index (κ2) is 4.74. The van der Waals surface area contributed by atoms with Crippen LogP contribution in [0.5, 0.6) is 11.5 Å². The average Bonchev–Trinajstić information content (AvgIpc) is 2.75. The number of para-hydroxylation sites is 2. The first-order valence-corrected chi connectivity index (χ1v) is 6.60. The Labute approximate surface area is 114 Å². The number of aromatic hydroxyl groups is 2. The van der Waals surface area contributed by atoms with Gasteiger partial charge in [0.15, 0.2) is 0 Å². The highest BCUT2D eigenvalue weighted by Crippen LogP contribution is 2.36. The molecule has 2 aromatic carbocycles. The predicted molar refractivity (Wildman–Crippen MR) is 78.9 cm³/mol. The van der Waals surface area contributed by atoms with Crippen LogP contribution in [0.2, 0.25) is 0 Å². The summed E-state index contributed by atoms with van der Waals surface area (Å²) in [6.45, 7) is 0. The van der Waals surface area contributed by atoms with E-state index < -0.39 is 0 Å². The number of rotatable bonds is 2. The lowest BCUT2D eigenvalue weighted by Gasteiger charge is -1.96. The Kier molecular flexibility index (Phi) is 2.93. The minimum absolute atomic E-state index is 0.124. The Morgan fingerprint density at radius 1 is 0.947 bits per heavy atom. The Morgan fingerprint density at radius 2 is 1.68 bits per heavy atom. The molecule has 0 saturated carbocycles. The summed E-state index contributed by atoms with van der Waals surface area (Å²) in [5, 5.41) is 20.5. The van der Waals surface area contributed by atoms with Crippen molar-refractivity contribution in [3.8, 4) is 11.5 Å². The highest BCUT2D eigenvalue weighted by atomic mass is 32.1. The number of phenolic OH excluding ortho intramolecular Hbond substituents is 1. The second-order valence-corrected chi connectivity index (χ2v) is 5.14. The van der Waals surface area contributed by atoms with Gasteiger partial charge in [-0.2, -0.15) is 0 Å². The van der Waals surface area contributed by atoms with Crippen LogP contribution < -0.4 is 0 Å². The Bertz CT molecular complexity index is 762. The maximum absolute atomic E-state index is 10.1. The molecule has 0 fully saturated rings. The molecule has 2 N–H and O–H groups in total. The van der Waals surface area contributed by atoms with E-state index in [2.05, 4.69) is 4.99 Å². The summed E-state index contributed by atoms with van der Waals surface area (Å²) >= 11 is 1.47. The number of nitrogens with zero attached hydrogens (tertiary/aromatic N) is 1. The summed E-state index contributed by atoms with van der Waals surface area (Å²) < 4.78 is 1.01. The second-order valence-electron chi connectivity index (χ2n) is 4.06. The number of thiophene rings is 1. The molecule has 0 bridgehead atoms. The SMILES string of the molecule is Oc1ccccc1N=Cc1sc2ccccc2c1O. The monoisotopic (exact) mass is 269 g/mol. The molecule has 0 radical (unpaired) electrons. The molecule has 0 saturated heterocycles. The van der Waals surface area contributed by atoms with Crippen molar-refractivity contribution in [1.82, 2.24) is 0 Å². The molecule has 3 nitrogen and oxygen atoms in total. The molecule has 1 aromatic heterocycles. The first-order chi connectivity index (χ1) is 9.25. The van der Waals surface area contributed by atoms with E-state index in [1.54, 1.807) is 30.5 Å². The van der Waals surface area contributed by atoms with Crippen LogP contribution in [-0.2, 0) is 0 Å². The van der Waals surface area contributed by atoms with Gasteiger partial charge in [-0.1, -0.05) is 24.3 Å². The van der Waals surface area contributed by atoms with Gasteiger partial charge in [0, 0.05) is 16.3 Å². The lowest BCUT2D eigenvalue weighted by molar-refractivity contribution is 0.476. The van der Waals surface area contributed by atoms with Crippen molar-refractivity contribution in [2.45, 2.75) is 0 Å². The van der Waals surface area contributed by atoms with Crippen molar-refractivity contribution in [2.75, 3.05) is 0 Å². The van der Waals surface area contributed by atoms with E-state index in [1.807, 2.05) is 24.3 Å². The van der Waals surface area contributed by atoms with Gasteiger partial charge in [0.2, 0.25) is 0 Å². The fourth-order valence-electron chi connectivity index (χ4n) is 1.84. The van der Waals surface area contributed by atoms with Crippen LogP contribution >= 0.6 is 11.3 Å². The number of aliphatic imine (C=N–C) groups is 1. The zero-order valence-electron chi connectivity index (χ0n) is 9.95. The first-order valence-electron chi connectivity index (χ1n) is 5.78. The van der Waals surface area contributed by atoms with Gasteiger partial charge in [-0.3, -0.25) is 4.99 Å². The van der Waals surface area contributed by atoms with Gasteiger partial charge in [0.05, 0.1) is 4.88 Å². The quantitative estimate of drug-likeness (QED) is 0.689. The zero-order chi connectivity index (χ0) is 13.2. The number of fused-ring (bicyclic) bond motifs is 1. The van der Waals surface area contributed by atoms with Gasteiger partial charge >= 0.3 is 0 Å². The molecule has 19 heavy (non-hydrogen) atoms. The van der Waals surface area contributed by atoms with Crippen LogP contribution in [0.15, 0.2) is 53.5 Å². The van der Waals surface area contributed by atoms with Crippen molar-refractivity contribution in [3.63, 3.8) is 0 Å². The Balaban J connectivity index is 2.02. The van der Waals surface area contributed by atoms with E-state index in [-0.39, 0.29) is 11.5 Å². The van der Waals surface area contributed by atoms with Crippen molar-refractivity contribution in [3.05, 3.63) is 53.4 Å². The number of hydrogen-bond donors (Lipinski definition) is 2. The maximum atomic E-state index is 10.1. The van der Waals surface area contributed by atoms with Gasteiger partial charge in [-0.15, -0.1) is 11.3 Å². The van der Waals surface area contributed by atoms with Crippen molar-refractivity contribution < 1.29 is 10.2 Å². The van der Waals surface area contributed by atoms with E-state index in [1.165, 1.54) is 11.3 Å². The average molecular weight is 269 g/mol. The molecular formula is C15H11NO2S. The molecule has 1 heterocycles. The molecule has 0 aliphatic carbocycles. The molecule has 0 amide bonds. The smallest absolute Gasteiger partial charge is 0.142 e. The fraction of sp³-hybridized carbons (Fsp3) is 0. The highest BCUT2D eigenvalue weighted by Gasteiger charge is 2.08. The maximum Gasteiger partial charge on any atom is 0.142 e. The van der Waals surface area contributed by atoms with Gasteiger partial charge in [-0.05, 0) is 24.3 Å². The van der Waals surface area contributed by atoms with E-state index in [4.69, 9.17) is 0 Å². The standard InChI is InChI=1S/C15H11NO2S/c17-12-7-3-2-6-11(12)16-9-14-15(18)10-5-1-4-8-13(10)19-14/h1-9,17-18H. The molecule has 4 heteroatoms. The number of benzene rings is 2. The molecule has 0 atom stereocenters. The lowest BCUT2D eigenvalue weighted by Crippen LogP contribution is -1.74. The predicted octanol–water partition coefficient (Wildman–Crippen LogP) is 4.06. The molecule has 94 valence electrons. The molecule has 0 spiro atoms. The third-order valence-corrected chi connectivity index (χ3v) is 3.89. The summed E-state index contributed by atoms with van der Waals surface area (Å²) in [6.07, 6.45) is 1.58. The van der Waals surface area contributed by atoms with Crippen LogP contribution in [0.3, 0.4) is 0 Å². The molecule has 3 aromatic rings. The van der Waals surface area contributed by atoms with Gasteiger partial charge < -0.3 is 10.2 Å². The Morgan fingerprint density at radius 3 is 2.47 bits per heavy atom. The van der Waals surface area contributed by atoms with Crippen molar-refractivity contribution in [2.24, 2.45) is 4.99 Å². The van der Waals surface area contributed by atoms with E-state index in [0.29, 0.717) is 10.6 Å². The summed E-state index contributed by atoms with van der Waals surface area (Å²) in [5.41, 5.74) is 0.486. The topological polar surface area (TPSA) is 52.8 Å². The van der Waals surface area contributed by atoms with Crippen molar-refractivity contribution >= 4 is 33.3 Å². The third-order valence-electron chi connectivity index (χ3n) is 2.80. The summed E-state index contributed by atoms with van der Waals surface area (Å²) in [6, 6.07) is 14.5. The summed E-state index contributed by atoms with van der Waals surface area (Å²) in [5.74, 6) is 0.360. The Hall–Kier alpha value is -2.33. The van der Waals surface area contributed by atoms with Gasteiger partial charge in [0.25, 0.3) is 0 Å². The minimum atomic E-state index is 0.124. The fourth-order valence-corrected chi connectivity index (χ4v) is 2.81. The van der Waals surface area contributed by atoms with E-state index >= 15 is 0 Å². The first kappa shape index (κ1) is 11.7. The number of hydrogen-bond acceptors (Lipinski definition) is 4. The zero-order valence-corrected chi connectivity index (χ0v) is 10.8. The summed E-state index contributed by atoms with van der Waals surface area (Å²) in [7, 11) is 0. The van der Waals surface area contributed by atoms with Crippen LogP contribution in [0.4, 0.5) is 5.69 Å². The lowest BCUT2D eigenvalue weighted by atomic mass is 10.2. The normalized spacial score (nSPS) is 11.4. The van der Waals surface area contributed by atoms with E-state index in [0.717, 1.165) is 10.1 Å². The molecular weight excluding hydrogens is 258 g/mol. The van der Waals surface area contributed by atoms with Crippen LogP contribution in [0.1, 0.15) is 4.88 Å². The van der Waals surface area contributed by atoms with Crippen LogP contribution in [-0.4, -0.2) is 16.4 Å². The van der Waals surface area contributed by atoms with Crippen molar-refractivity contribution in [1.29, 1.82) is 0 Å². The number of phenols is 1. The summed E-state index contributed by atoms with van der Waals surface area (Å²) in [4.78, 5) is 4.89. The molecule has 0 unspecified atom stereocenters. The van der Waals surface area contributed by atoms with Gasteiger partial charge in [0.1, 0.15) is 17.2 Å². The van der Waals surface area contributed by atoms with Crippen LogP contribution in [0.25, 0.3) is 10.1 Å². The largest absolute Gasteiger partial charge is 0.506 e. The van der Waals surface area contributed by atoms with E-state index in [9.17, 15) is 10.2 Å². The highest BCUT2D eigenvalue weighted by molar-refractivity contribution is 7.21. The minimum Gasteiger partial charge on any atom is -0.506 e. The molecule has 0 aliphatic heterocycles. The molecule has 3 rings (SSSR count). The van der Waals surface area contributed by atoms with Gasteiger partial charge in [-0.25, -0.2) is 0 Å².